The molecular formula is C20H22O3. The molecule has 0 heterocycles. The Kier molecular flexibility index (Phi) is 6.95. The summed E-state index contributed by atoms with van der Waals surface area (Å²) in [5, 5.41) is 0. The van der Waals surface area contributed by atoms with E-state index in [1.165, 1.54) is 0 Å². The smallest absolute Gasteiger partial charge is 0.119 e. The molecule has 2 rings (SSSR count). The van der Waals surface area contributed by atoms with Crippen LogP contribution in [0.25, 0.3) is 0 Å². The van der Waals surface area contributed by atoms with Crippen molar-refractivity contribution < 1.29 is 14.2 Å². The van der Waals surface area contributed by atoms with Gasteiger partial charge in [0.25, 0.3) is 0 Å². The van der Waals surface area contributed by atoms with Crippen molar-refractivity contribution >= 4 is 0 Å². The minimum Gasteiger partial charge on any atom is -0.490 e. The molecule has 3 heteroatoms. The SMILES string of the molecule is C=CCOc1ccc(COCc2ccc(OCC=C)cc2)cc1. The van der Waals surface area contributed by atoms with E-state index < -0.39 is 0 Å². The minimum atomic E-state index is 0.516. The molecule has 0 bridgehead atoms. The molecule has 0 aromatic heterocycles. The van der Waals surface area contributed by atoms with Gasteiger partial charge in [-0.2, -0.15) is 0 Å². The summed E-state index contributed by atoms with van der Waals surface area (Å²) in [5.41, 5.74) is 2.23. The first-order valence-electron chi connectivity index (χ1n) is 7.55. The highest BCUT2D eigenvalue weighted by atomic mass is 16.5. The maximum atomic E-state index is 5.73. The van der Waals surface area contributed by atoms with Gasteiger partial charge in [0.1, 0.15) is 24.7 Å². The maximum absolute atomic E-state index is 5.73. The fourth-order valence-electron chi connectivity index (χ4n) is 1.96. The van der Waals surface area contributed by atoms with Crippen LogP contribution in [0.1, 0.15) is 11.1 Å². The van der Waals surface area contributed by atoms with Crippen LogP contribution in [0.5, 0.6) is 11.5 Å². The lowest BCUT2D eigenvalue weighted by atomic mass is 10.2. The van der Waals surface area contributed by atoms with E-state index in [2.05, 4.69) is 13.2 Å². The molecule has 0 spiro atoms. The zero-order chi connectivity index (χ0) is 16.3. The Balaban J connectivity index is 1.75. The molecule has 23 heavy (non-hydrogen) atoms. The van der Waals surface area contributed by atoms with Gasteiger partial charge in [0.2, 0.25) is 0 Å². The molecule has 3 nitrogen and oxygen atoms in total. The van der Waals surface area contributed by atoms with E-state index in [4.69, 9.17) is 14.2 Å². The molecule has 0 radical (unpaired) electrons. The van der Waals surface area contributed by atoms with Gasteiger partial charge in [-0.1, -0.05) is 49.6 Å². The van der Waals surface area contributed by atoms with Crippen molar-refractivity contribution in [2.24, 2.45) is 0 Å². The summed E-state index contributed by atoms with van der Waals surface area (Å²) in [6.45, 7) is 9.42. The second-order valence-electron chi connectivity index (χ2n) is 4.98. The third kappa shape index (κ3) is 6.01. The van der Waals surface area contributed by atoms with E-state index in [1.54, 1.807) is 12.2 Å². The highest BCUT2D eigenvalue weighted by Gasteiger charge is 1.98. The molecule has 120 valence electrons. The molecular weight excluding hydrogens is 288 g/mol. The quantitative estimate of drug-likeness (QED) is 0.603. The summed E-state index contributed by atoms with van der Waals surface area (Å²) in [6, 6.07) is 15.8. The zero-order valence-electron chi connectivity index (χ0n) is 13.2. The van der Waals surface area contributed by atoms with Crippen LogP contribution >= 0.6 is 0 Å². The monoisotopic (exact) mass is 310 g/mol. The van der Waals surface area contributed by atoms with Crippen LogP contribution in [0.15, 0.2) is 73.8 Å². The number of benzene rings is 2. The van der Waals surface area contributed by atoms with Gasteiger partial charge in [-0.25, -0.2) is 0 Å². The van der Waals surface area contributed by atoms with E-state index in [-0.39, 0.29) is 0 Å². The van der Waals surface area contributed by atoms with E-state index in [1.807, 2.05) is 48.5 Å². The summed E-state index contributed by atoms with van der Waals surface area (Å²) in [4.78, 5) is 0. The lowest BCUT2D eigenvalue weighted by Gasteiger charge is -2.08. The zero-order valence-corrected chi connectivity index (χ0v) is 13.2. The van der Waals surface area contributed by atoms with Crippen molar-refractivity contribution in [2.75, 3.05) is 13.2 Å². The molecule has 0 atom stereocenters. The van der Waals surface area contributed by atoms with E-state index in [0.717, 1.165) is 22.6 Å². The van der Waals surface area contributed by atoms with Crippen molar-refractivity contribution in [2.45, 2.75) is 13.2 Å². The molecule has 2 aromatic carbocycles. The third-order valence-electron chi connectivity index (χ3n) is 3.12. The van der Waals surface area contributed by atoms with Crippen molar-refractivity contribution in [3.63, 3.8) is 0 Å². The van der Waals surface area contributed by atoms with Crippen LogP contribution in [-0.4, -0.2) is 13.2 Å². The highest BCUT2D eigenvalue weighted by Crippen LogP contribution is 2.15. The molecule has 0 fully saturated rings. The number of hydrogen-bond acceptors (Lipinski definition) is 3. The van der Waals surface area contributed by atoms with Crippen LogP contribution in [-0.2, 0) is 18.0 Å². The topological polar surface area (TPSA) is 27.7 Å². The normalized spacial score (nSPS) is 10.1. The van der Waals surface area contributed by atoms with E-state index in [9.17, 15) is 0 Å². The predicted molar refractivity (Wildman–Crippen MR) is 92.8 cm³/mol. The Hall–Kier alpha value is -2.52. The summed E-state index contributed by atoms with van der Waals surface area (Å²) >= 11 is 0. The van der Waals surface area contributed by atoms with Gasteiger partial charge < -0.3 is 14.2 Å². The fourth-order valence-corrected chi connectivity index (χ4v) is 1.96. The first kappa shape index (κ1) is 16.8. The summed E-state index contributed by atoms with van der Waals surface area (Å²) in [7, 11) is 0. The van der Waals surface area contributed by atoms with Crippen molar-refractivity contribution in [3.05, 3.63) is 85.0 Å². The molecule has 0 aliphatic rings. The fraction of sp³-hybridized carbons (Fsp3) is 0.200. The Morgan fingerprint density at radius 3 is 1.39 bits per heavy atom. The molecule has 0 saturated carbocycles. The average molecular weight is 310 g/mol. The van der Waals surface area contributed by atoms with Gasteiger partial charge >= 0.3 is 0 Å². The van der Waals surface area contributed by atoms with Crippen LogP contribution in [0.3, 0.4) is 0 Å². The maximum Gasteiger partial charge on any atom is 0.119 e. The highest BCUT2D eigenvalue weighted by molar-refractivity contribution is 5.28. The molecule has 0 aliphatic heterocycles. The second kappa shape index (κ2) is 9.49. The van der Waals surface area contributed by atoms with Crippen LogP contribution in [0, 0.1) is 0 Å². The van der Waals surface area contributed by atoms with Gasteiger partial charge in [-0.3, -0.25) is 0 Å². The average Bonchev–Trinajstić information content (AvgIpc) is 2.60. The van der Waals surface area contributed by atoms with Gasteiger partial charge in [-0.15, -0.1) is 0 Å². The Bertz CT molecular complexity index is 544. The molecule has 0 N–H and O–H groups in total. The van der Waals surface area contributed by atoms with Crippen LogP contribution in [0.2, 0.25) is 0 Å². The first-order valence-corrected chi connectivity index (χ1v) is 7.55. The standard InChI is InChI=1S/C20H22O3/c1-3-13-22-19-9-5-17(6-10-19)15-21-16-18-7-11-20(12-8-18)23-14-4-2/h3-12H,1-2,13-16H2. The summed E-state index contributed by atoms with van der Waals surface area (Å²) in [6.07, 6.45) is 3.45. The summed E-state index contributed by atoms with van der Waals surface area (Å²) < 4.78 is 16.6. The van der Waals surface area contributed by atoms with E-state index >= 15 is 0 Å². The Morgan fingerprint density at radius 1 is 0.652 bits per heavy atom. The Labute approximate surface area is 137 Å². The van der Waals surface area contributed by atoms with Crippen LogP contribution < -0.4 is 9.47 Å². The number of ether oxygens (including phenoxy) is 3. The summed E-state index contributed by atoms with van der Waals surface area (Å²) in [5.74, 6) is 1.67. The van der Waals surface area contributed by atoms with Crippen molar-refractivity contribution in [3.8, 4) is 11.5 Å². The minimum absolute atomic E-state index is 0.516. The molecule has 0 aliphatic carbocycles. The van der Waals surface area contributed by atoms with Gasteiger partial charge in [0.15, 0.2) is 0 Å². The van der Waals surface area contributed by atoms with Crippen molar-refractivity contribution in [1.82, 2.24) is 0 Å². The molecule has 0 amide bonds. The van der Waals surface area contributed by atoms with Gasteiger partial charge in [0.05, 0.1) is 13.2 Å². The number of rotatable bonds is 10. The Morgan fingerprint density at radius 2 is 1.04 bits per heavy atom. The first-order chi connectivity index (χ1) is 11.3. The van der Waals surface area contributed by atoms with E-state index in [0.29, 0.717) is 26.4 Å². The van der Waals surface area contributed by atoms with Crippen LogP contribution in [0.4, 0.5) is 0 Å². The molecule has 2 aromatic rings. The number of hydrogen-bond donors (Lipinski definition) is 0. The van der Waals surface area contributed by atoms with Gasteiger partial charge in [-0.05, 0) is 35.4 Å². The second-order valence-corrected chi connectivity index (χ2v) is 4.98. The molecule has 0 unspecified atom stereocenters. The largest absolute Gasteiger partial charge is 0.490 e. The lowest BCUT2D eigenvalue weighted by molar-refractivity contribution is 0.107. The van der Waals surface area contributed by atoms with Crippen molar-refractivity contribution in [1.29, 1.82) is 0 Å². The lowest BCUT2D eigenvalue weighted by Crippen LogP contribution is -1.96. The molecule has 0 saturated heterocycles. The van der Waals surface area contributed by atoms with Gasteiger partial charge in [0, 0.05) is 0 Å². The predicted octanol–water partition coefficient (Wildman–Crippen LogP) is 4.53. The third-order valence-corrected chi connectivity index (χ3v) is 3.12.